The predicted molar refractivity (Wildman–Crippen MR) is 132 cm³/mol. The zero-order valence-corrected chi connectivity index (χ0v) is 23.9. The van der Waals surface area contributed by atoms with E-state index in [9.17, 15) is 16.8 Å². The van der Waals surface area contributed by atoms with Crippen LogP contribution in [0, 0.1) is 0 Å². The summed E-state index contributed by atoms with van der Waals surface area (Å²) in [5.41, 5.74) is 2.55. The van der Waals surface area contributed by atoms with Crippen LogP contribution in [-0.2, 0) is 28.6 Å². The second-order valence-electron chi connectivity index (χ2n) is 7.64. The molecule has 0 amide bonds. The summed E-state index contributed by atoms with van der Waals surface area (Å²) >= 11 is 0. The summed E-state index contributed by atoms with van der Waals surface area (Å²) in [7, 11) is -9.75. The van der Waals surface area contributed by atoms with Crippen LogP contribution >= 0.6 is 0 Å². The van der Waals surface area contributed by atoms with Crippen LogP contribution in [0.4, 0.5) is 0 Å². The van der Waals surface area contributed by atoms with Crippen LogP contribution in [0.3, 0.4) is 0 Å². The van der Waals surface area contributed by atoms with E-state index >= 15 is 0 Å². The van der Waals surface area contributed by atoms with Gasteiger partial charge in [-0.2, -0.15) is 16.8 Å². The maximum absolute atomic E-state index is 10.9. The second kappa shape index (κ2) is 19.4. The van der Waals surface area contributed by atoms with Crippen molar-refractivity contribution in [3.63, 3.8) is 0 Å². The summed E-state index contributed by atoms with van der Waals surface area (Å²) in [6.07, 6.45) is 10.9. The van der Waals surface area contributed by atoms with Crippen LogP contribution in [0.25, 0.3) is 11.1 Å². The molecule has 2 aromatic carbocycles. The van der Waals surface area contributed by atoms with Gasteiger partial charge in [0.1, 0.15) is 0 Å². The topological polar surface area (TPSA) is 107 Å². The number of hydrogen-bond donors (Lipinski definition) is 1. The van der Waals surface area contributed by atoms with Crippen molar-refractivity contribution in [3.8, 4) is 11.1 Å². The average Bonchev–Trinajstić information content (AvgIpc) is 2.77. The number of hydrogen-bond acceptors (Lipinski definition) is 6. The first-order valence-corrected chi connectivity index (χ1v) is 14.1. The van der Waals surface area contributed by atoms with E-state index < -0.39 is 20.8 Å². The molecule has 2 rings (SSSR count). The average molecular weight is 525 g/mol. The van der Waals surface area contributed by atoms with Crippen LogP contribution < -0.4 is 29.6 Å². The molecule has 188 valence electrons. The summed E-state index contributed by atoms with van der Waals surface area (Å²) in [5.74, 6) is 0. The van der Waals surface area contributed by atoms with Crippen LogP contribution in [-0.4, -0.2) is 28.0 Å². The molecule has 0 spiro atoms. The molecule has 1 N–H and O–H groups in total. The van der Waals surface area contributed by atoms with Crippen molar-refractivity contribution in [2.45, 2.75) is 71.1 Å². The van der Waals surface area contributed by atoms with Crippen molar-refractivity contribution in [1.29, 1.82) is 0 Å². The second-order valence-corrected chi connectivity index (χ2v) is 10.1. The zero-order chi connectivity index (χ0) is 24.4. The van der Waals surface area contributed by atoms with E-state index in [0.29, 0.717) is 6.42 Å². The molecule has 0 saturated carbocycles. The van der Waals surface area contributed by atoms with Gasteiger partial charge in [-0.1, -0.05) is 125 Å². The van der Waals surface area contributed by atoms with Gasteiger partial charge in [-0.25, -0.2) is 4.18 Å². The molecule has 0 aromatic heterocycles. The number of rotatable bonds is 15. The summed E-state index contributed by atoms with van der Waals surface area (Å²) in [5, 5.41) is 0. The molecule has 0 bridgehead atoms. The molecular formula is C24H37NaO7S2. The molecule has 2 aromatic rings. The largest absolute Gasteiger partial charge is 1.00 e. The van der Waals surface area contributed by atoms with Crippen molar-refractivity contribution in [3.05, 3.63) is 60.7 Å². The van der Waals surface area contributed by atoms with Gasteiger partial charge in [-0.3, -0.25) is 4.55 Å². The molecule has 0 aliphatic rings. The molecule has 0 atom stereocenters. The van der Waals surface area contributed by atoms with E-state index in [-0.39, 0.29) is 37.6 Å². The van der Waals surface area contributed by atoms with Gasteiger partial charge in [-0.05, 0) is 17.5 Å². The zero-order valence-electron chi connectivity index (χ0n) is 21.3. The van der Waals surface area contributed by atoms with E-state index in [1.54, 1.807) is 0 Å². The van der Waals surface area contributed by atoms with Crippen molar-refractivity contribution in [2.75, 3.05) is 6.61 Å². The molecular weight excluding hydrogens is 487 g/mol. The van der Waals surface area contributed by atoms with Crippen molar-refractivity contribution < 1.29 is 60.2 Å². The predicted octanol–water partition coefficient (Wildman–Crippen LogP) is 3.46. The molecule has 0 unspecified atom stereocenters. The summed E-state index contributed by atoms with van der Waals surface area (Å²) in [4.78, 5) is 0. The SMILES string of the molecule is CCCCCCCCCCCCOS(=O)(=O)OS(=O)(=O)O.[H-].[Na+].c1ccc(-c2ccccc2)cc1. The molecule has 0 heterocycles. The third-order valence-corrected chi connectivity index (χ3v) is 6.59. The fraction of sp³-hybridized carbons (Fsp3) is 0.500. The summed E-state index contributed by atoms with van der Waals surface area (Å²) in [6.45, 7) is 2.03. The van der Waals surface area contributed by atoms with Crippen molar-refractivity contribution in [2.24, 2.45) is 0 Å². The Morgan fingerprint density at radius 2 is 1.06 bits per heavy atom. The van der Waals surface area contributed by atoms with Crippen LogP contribution in [0.15, 0.2) is 60.7 Å². The van der Waals surface area contributed by atoms with Crippen LogP contribution in [0.2, 0.25) is 0 Å². The Morgan fingerprint density at radius 1 is 0.676 bits per heavy atom. The minimum absolute atomic E-state index is 0. The first kappa shape index (κ1) is 33.2. The summed E-state index contributed by atoms with van der Waals surface area (Å²) in [6, 6.07) is 20.8. The molecule has 7 nitrogen and oxygen atoms in total. The minimum atomic E-state index is -5.06. The maximum Gasteiger partial charge on any atom is 1.00 e. The molecule has 0 aliphatic heterocycles. The van der Waals surface area contributed by atoms with Gasteiger partial charge in [0.25, 0.3) is 0 Å². The Hall–Kier alpha value is -0.780. The van der Waals surface area contributed by atoms with Crippen molar-refractivity contribution in [1.82, 2.24) is 0 Å². The Labute approximate surface area is 229 Å². The smallest absolute Gasteiger partial charge is 1.00 e. The number of benzene rings is 2. The molecule has 0 saturated heterocycles. The first-order chi connectivity index (χ1) is 15.7. The Bertz CT molecular complexity index is 920. The van der Waals surface area contributed by atoms with E-state index in [4.69, 9.17) is 4.55 Å². The van der Waals surface area contributed by atoms with Gasteiger partial charge in [-0.15, -0.1) is 3.63 Å². The van der Waals surface area contributed by atoms with Crippen molar-refractivity contribution >= 4 is 20.8 Å². The Morgan fingerprint density at radius 3 is 1.44 bits per heavy atom. The van der Waals surface area contributed by atoms with Crippen LogP contribution in [0.5, 0.6) is 0 Å². The fourth-order valence-electron chi connectivity index (χ4n) is 3.14. The van der Waals surface area contributed by atoms with E-state index in [0.717, 1.165) is 19.3 Å². The maximum atomic E-state index is 10.9. The molecule has 0 radical (unpaired) electrons. The molecule has 10 heteroatoms. The number of unbranched alkanes of at least 4 members (excludes halogenated alkanes) is 9. The minimum Gasteiger partial charge on any atom is -1.00 e. The normalized spacial score (nSPS) is 11.2. The molecule has 0 aliphatic carbocycles. The monoisotopic (exact) mass is 524 g/mol. The van der Waals surface area contributed by atoms with E-state index in [2.05, 4.69) is 63.3 Å². The van der Waals surface area contributed by atoms with Gasteiger partial charge in [0.05, 0.1) is 6.61 Å². The van der Waals surface area contributed by atoms with Gasteiger partial charge < -0.3 is 1.43 Å². The van der Waals surface area contributed by atoms with Gasteiger partial charge in [0.2, 0.25) is 0 Å². The Balaban J connectivity index is 0. The van der Waals surface area contributed by atoms with Gasteiger partial charge in [0.15, 0.2) is 0 Å². The fourth-order valence-corrected chi connectivity index (χ4v) is 4.46. The van der Waals surface area contributed by atoms with Gasteiger partial charge >= 0.3 is 50.4 Å². The molecule has 0 fully saturated rings. The Kier molecular flexibility index (Phi) is 19.0. The van der Waals surface area contributed by atoms with E-state index in [1.807, 2.05) is 12.1 Å². The van der Waals surface area contributed by atoms with Gasteiger partial charge in [0, 0.05) is 0 Å². The van der Waals surface area contributed by atoms with Crippen LogP contribution in [0.1, 0.15) is 72.6 Å². The summed E-state index contributed by atoms with van der Waals surface area (Å²) < 4.78 is 58.2. The third-order valence-electron chi connectivity index (χ3n) is 4.78. The third kappa shape index (κ3) is 18.5. The standard InChI is InChI=1S/C12H26O7S2.C12H10.Na.H/c1-2-3-4-5-6-7-8-9-10-11-12-18-21(16,17)19-20(13,14)15;1-3-7-11(8-4-1)12-9-5-2-6-10-12;;/h2-12H2,1H3,(H,13,14,15);1-10H;;/q;;+1;-1. The van der Waals surface area contributed by atoms with E-state index in [1.165, 1.54) is 49.7 Å². The first-order valence-electron chi connectivity index (χ1n) is 11.4. The quantitative estimate of drug-likeness (QED) is 0.216. The molecule has 34 heavy (non-hydrogen) atoms.